The van der Waals surface area contributed by atoms with Crippen LogP contribution in [0.3, 0.4) is 0 Å². The Morgan fingerprint density at radius 3 is 2.80 bits per heavy atom. The number of aromatic nitrogens is 2. The monoisotopic (exact) mass is 340 g/mol. The van der Waals surface area contributed by atoms with E-state index in [1.165, 1.54) is 0 Å². The third-order valence-electron chi connectivity index (χ3n) is 4.61. The van der Waals surface area contributed by atoms with E-state index >= 15 is 0 Å². The molecule has 132 valence electrons. The molecule has 1 aliphatic rings. The van der Waals surface area contributed by atoms with Gasteiger partial charge in [0.15, 0.2) is 0 Å². The number of methoxy groups -OCH3 is 1. The van der Waals surface area contributed by atoms with Crippen molar-refractivity contribution < 1.29 is 9.53 Å². The number of anilines is 1. The highest BCUT2D eigenvalue weighted by Crippen LogP contribution is 2.28. The Labute approximate surface area is 148 Å². The molecule has 0 unspecified atom stereocenters. The number of hydrogen-bond donors (Lipinski definition) is 0. The molecule has 25 heavy (non-hydrogen) atoms. The lowest BCUT2D eigenvalue weighted by Crippen LogP contribution is -2.38. The van der Waals surface area contributed by atoms with Crippen LogP contribution in [0, 0.1) is 6.92 Å². The summed E-state index contributed by atoms with van der Waals surface area (Å²) in [5.74, 6) is 2.28. The SMILES string of the molecule is CCN(C)c1nc(C)nc2c1CN(C(=O)c1ccccc1OC)CC2. The fourth-order valence-electron chi connectivity index (χ4n) is 3.15. The van der Waals surface area contributed by atoms with Gasteiger partial charge in [0, 0.05) is 32.1 Å². The van der Waals surface area contributed by atoms with Gasteiger partial charge in [-0.15, -0.1) is 0 Å². The first-order valence-corrected chi connectivity index (χ1v) is 8.55. The van der Waals surface area contributed by atoms with E-state index in [0.29, 0.717) is 24.4 Å². The molecular weight excluding hydrogens is 316 g/mol. The highest BCUT2D eigenvalue weighted by atomic mass is 16.5. The standard InChI is InChI=1S/C19H24N4O2/c1-5-22(3)18-15-12-23(11-10-16(15)20-13(2)21-18)19(24)14-8-6-7-9-17(14)25-4/h6-9H,5,10-12H2,1-4H3. The minimum atomic E-state index is -0.0197. The highest BCUT2D eigenvalue weighted by molar-refractivity contribution is 5.97. The zero-order chi connectivity index (χ0) is 18.0. The number of carbonyl (C=O) groups is 1. The van der Waals surface area contributed by atoms with Crippen molar-refractivity contribution in [2.24, 2.45) is 0 Å². The average Bonchev–Trinajstić information content (AvgIpc) is 2.65. The van der Waals surface area contributed by atoms with Crippen molar-refractivity contribution in [2.75, 3.05) is 32.1 Å². The van der Waals surface area contributed by atoms with Gasteiger partial charge in [-0.25, -0.2) is 9.97 Å². The van der Waals surface area contributed by atoms with Crippen LogP contribution in [0.2, 0.25) is 0 Å². The molecule has 0 saturated carbocycles. The minimum Gasteiger partial charge on any atom is -0.496 e. The predicted octanol–water partition coefficient (Wildman–Crippen LogP) is 2.45. The highest BCUT2D eigenvalue weighted by Gasteiger charge is 2.27. The van der Waals surface area contributed by atoms with Gasteiger partial charge in [0.2, 0.25) is 0 Å². The van der Waals surface area contributed by atoms with Crippen molar-refractivity contribution in [3.8, 4) is 5.75 Å². The van der Waals surface area contributed by atoms with Crippen molar-refractivity contribution >= 4 is 11.7 Å². The summed E-state index contributed by atoms with van der Waals surface area (Å²) in [6, 6.07) is 7.34. The van der Waals surface area contributed by atoms with Gasteiger partial charge in [0.25, 0.3) is 5.91 Å². The maximum atomic E-state index is 13.0. The van der Waals surface area contributed by atoms with Gasteiger partial charge < -0.3 is 14.5 Å². The van der Waals surface area contributed by atoms with Gasteiger partial charge in [0.05, 0.1) is 24.9 Å². The minimum absolute atomic E-state index is 0.0197. The fraction of sp³-hybridized carbons (Fsp3) is 0.421. The number of nitrogens with zero attached hydrogens (tertiary/aromatic N) is 4. The van der Waals surface area contributed by atoms with Crippen molar-refractivity contribution in [3.05, 3.63) is 46.9 Å². The molecule has 0 aliphatic carbocycles. The summed E-state index contributed by atoms with van der Waals surface area (Å²) in [6.45, 7) is 6.02. The normalized spacial score (nSPS) is 13.4. The molecule has 1 aliphatic heterocycles. The van der Waals surface area contributed by atoms with Crippen LogP contribution in [0.4, 0.5) is 5.82 Å². The summed E-state index contributed by atoms with van der Waals surface area (Å²) in [5, 5.41) is 0. The molecule has 0 atom stereocenters. The largest absolute Gasteiger partial charge is 0.496 e. The lowest BCUT2D eigenvalue weighted by molar-refractivity contribution is 0.0730. The summed E-state index contributed by atoms with van der Waals surface area (Å²) in [4.78, 5) is 26.2. The molecule has 6 heteroatoms. The lowest BCUT2D eigenvalue weighted by Gasteiger charge is -2.31. The molecule has 0 N–H and O–H groups in total. The zero-order valence-corrected chi connectivity index (χ0v) is 15.2. The first-order chi connectivity index (χ1) is 12.0. The topological polar surface area (TPSA) is 58.6 Å². The number of fused-ring (bicyclic) bond motifs is 1. The number of hydrogen-bond acceptors (Lipinski definition) is 5. The van der Waals surface area contributed by atoms with Gasteiger partial charge in [-0.05, 0) is 26.0 Å². The lowest BCUT2D eigenvalue weighted by atomic mass is 10.0. The molecular formula is C19H24N4O2. The van der Waals surface area contributed by atoms with E-state index in [4.69, 9.17) is 4.74 Å². The number of amides is 1. The number of carbonyl (C=O) groups excluding carboxylic acids is 1. The van der Waals surface area contributed by atoms with E-state index in [0.717, 1.165) is 35.9 Å². The van der Waals surface area contributed by atoms with Gasteiger partial charge in [0.1, 0.15) is 17.4 Å². The van der Waals surface area contributed by atoms with E-state index in [2.05, 4.69) is 21.8 Å². The van der Waals surface area contributed by atoms with Crippen LogP contribution in [0.15, 0.2) is 24.3 Å². The summed E-state index contributed by atoms with van der Waals surface area (Å²) in [6.07, 6.45) is 0.740. The van der Waals surface area contributed by atoms with E-state index in [-0.39, 0.29) is 5.91 Å². The van der Waals surface area contributed by atoms with Crippen molar-refractivity contribution in [1.82, 2.24) is 14.9 Å². The number of para-hydroxylation sites is 1. The number of benzene rings is 1. The Morgan fingerprint density at radius 2 is 2.08 bits per heavy atom. The molecule has 1 aromatic carbocycles. The predicted molar refractivity (Wildman–Crippen MR) is 97.2 cm³/mol. The maximum absolute atomic E-state index is 13.0. The second-order valence-corrected chi connectivity index (χ2v) is 6.21. The summed E-state index contributed by atoms with van der Waals surface area (Å²) >= 11 is 0. The molecule has 1 aromatic heterocycles. The number of rotatable bonds is 4. The van der Waals surface area contributed by atoms with Crippen molar-refractivity contribution in [1.29, 1.82) is 0 Å². The summed E-state index contributed by atoms with van der Waals surface area (Å²) in [5.41, 5.74) is 2.68. The first-order valence-electron chi connectivity index (χ1n) is 8.55. The summed E-state index contributed by atoms with van der Waals surface area (Å²) < 4.78 is 5.34. The molecule has 3 rings (SSSR count). The van der Waals surface area contributed by atoms with E-state index in [1.807, 2.05) is 37.1 Å². The average molecular weight is 340 g/mol. The number of aryl methyl sites for hydroxylation is 1. The van der Waals surface area contributed by atoms with Crippen LogP contribution in [0.25, 0.3) is 0 Å². The second-order valence-electron chi connectivity index (χ2n) is 6.21. The summed E-state index contributed by atoms with van der Waals surface area (Å²) in [7, 11) is 3.60. The molecule has 2 aromatic rings. The molecule has 6 nitrogen and oxygen atoms in total. The van der Waals surface area contributed by atoms with Crippen LogP contribution < -0.4 is 9.64 Å². The van der Waals surface area contributed by atoms with E-state index < -0.39 is 0 Å². The van der Waals surface area contributed by atoms with Crippen LogP contribution in [-0.4, -0.2) is 48.0 Å². The Balaban J connectivity index is 1.94. The second kappa shape index (κ2) is 7.09. The molecule has 0 spiro atoms. The van der Waals surface area contributed by atoms with E-state index in [9.17, 15) is 4.79 Å². The fourth-order valence-corrected chi connectivity index (χ4v) is 3.15. The van der Waals surface area contributed by atoms with Crippen LogP contribution in [0.1, 0.15) is 34.4 Å². The van der Waals surface area contributed by atoms with Crippen LogP contribution in [0.5, 0.6) is 5.75 Å². The Morgan fingerprint density at radius 1 is 1.32 bits per heavy atom. The quantitative estimate of drug-likeness (QED) is 0.856. The van der Waals surface area contributed by atoms with Gasteiger partial charge in [-0.1, -0.05) is 12.1 Å². The molecule has 0 saturated heterocycles. The number of ether oxygens (including phenoxy) is 1. The van der Waals surface area contributed by atoms with Crippen molar-refractivity contribution in [2.45, 2.75) is 26.8 Å². The third kappa shape index (κ3) is 3.29. The first kappa shape index (κ1) is 17.2. The molecule has 0 bridgehead atoms. The van der Waals surface area contributed by atoms with Crippen molar-refractivity contribution in [3.63, 3.8) is 0 Å². The van der Waals surface area contributed by atoms with Gasteiger partial charge in [-0.3, -0.25) is 4.79 Å². The third-order valence-corrected chi connectivity index (χ3v) is 4.61. The van der Waals surface area contributed by atoms with E-state index in [1.54, 1.807) is 13.2 Å². The zero-order valence-electron chi connectivity index (χ0n) is 15.2. The Kier molecular flexibility index (Phi) is 4.88. The van der Waals surface area contributed by atoms with Gasteiger partial charge in [-0.2, -0.15) is 0 Å². The Bertz CT molecular complexity index is 791. The Hall–Kier alpha value is -2.63. The van der Waals surface area contributed by atoms with Crippen LogP contribution in [-0.2, 0) is 13.0 Å². The van der Waals surface area contributed by atoms with Crippen LogP contribution >= 0.6 is 0 Å². The molecule has 1 amide bonds. The van der Waals surface area contributed by atoms with Gasteiger partial charge >= 0.3 is 0 Å². The smallest absolute Gasteiger partial charge is 0.257 e. The molecule has 2 heterocycles. The molecule has 0 radical (unpaired) electrons. The molecule has 0 fully saturated rings. The maximum Gasteiger partial charge on any atom is 0.257 e.